The molecule has 4 N–H and O–H groups in total. The summed E-state index contributed by atoms with van der Waals surface area (Å²) in [6.07, 6.45) is -0.111. The Labute approximate surface area is 122 Å². The van der Waals surface area contributed by atoms with E-state index in [1.807, 2.05) is 0 Å². The van der Waals surface area contributed by atoms with Crippen molar-refractivity contribution in [3.05, 3.63) is 30.3 Å². The lowest BCUT2D eigenvalue weighted by atomic mass is 10.2. The number of aliphatic hydroxyl groups excluding tert-OH is 1. The minimum absolute atomic E-state index is 0.147. The monoisotopic (exact) mass is 308 g/mol. The lowest BCUT2D eigenvalue weighted by Crippen LogP contribution is -2.29. The highest BCUT2D eigenvalue weighted by Crippen LogP contribution is 2.24. The van der Waals surface area contributed by atoms with Crippen LogP contribution < -0.4 is 11.3 Å². The minimum Gasteiger partial charge on any atom is -0.392 e. The number of nitrogen functional groups attached to an aromatic ring is 1. The van der Waals surface area contributed by atoms with Gasteiger partial charge in [0.25, 0.3) is 0 Å². The van der Waals surface area contributed by atoms with Crippen LogP contribution in [0.25, 0.3) is 10.9 Å². The summed E-state index contributed by atoms with van der Waals surface area (Å²) in [5.74, 6) is 5.81. The van der Waals surface area contributed by atoms with E-state index in [9.17, 15) is 13.5 Å². The van der Waals surface area contributed by atoms with Crippen molar-refractivity contribution in [1.29, 1.82) is 0 Å². The molecule has 1 aliphatic rings. The molecule has 2 heterocycles. The summed E-state index contributed by atoms with van der Waals surface area (Å²) in [7, 11) is -3.57. The van der Waals surface area contributed by atoms with Crippen LogP contribution in [0, 0.1) is 0 Å². The molecule has 0 saturated carbocycles. The molecule has 112 valence electrons. The number of nitrogens with one attached hydrogen (secondary N) is 1. The molecule has 7 nitrogen and oxygen atoms in total. The number of hydrogen-bond acceptors (Lipinski definition) is 6. The van der Waals surface area contributed by atoms with Crippen LogP contribution in [0.2, 0.25) is 0 Å². The van der Waals surface area contributed by atoms with Crippen LogP contribution in [0.15, 0.2) is 35.2 Å². The molecule has 3 rings (SSSR count). The standard InChI is InChI=1S/C13H16N4O3S/c14-16-13-4-1-9-7-11(2-3-12(9)15-13)21(19,20)17-6-5-10(18)8-17/h1-4,7,10,18H,5-6,8,14H2,(H,15,16). The van der Waals surface area contributed by atoms with Gasteiger partial charge in [0.05, 0.1) is 16.5 Å². The van der Waals surface area contributed by atoms with E-state index in [-0.39, 0.29) is 11.4 Å². The Morgan fingerprint density at radius 2 is 2.14 bits per heavy atom. The van der Waals surface area contributed by atoms with E-state index in [0.717, 1.165) is 5.39 Å². The number of nitrogens with zero attached hydrogens (tertiary/aromatic N) is 2. The number of anilines is 1. The number of sulfonamides is 1. The molecule has 21 heavy (non-hydrogen) atoms. The molecule has 1 atom stereocenters. The molecule has 0 radical (unpaired) electrons. The first kappa shape index (κ1) is 14.2. The maximum atomic E-state index is 12.5. The predicted molar refractivity (Wildman–Crippen MR) is 78.9 cm³/mol. The number of pyridine rings is 1. The molecule has 1 fully saturated rings. The van der Waals surface area contributed by atoms with Gasteiger partial charge >= 0.3 is 0 Å². The molecule has 0 bridgehead atoms. The van der Waals surface area contributed by atoms with Gasteiger partial charge < -0.3 is 10.5 Å². The van der Waals surface area contributed by atoms with Crippen LogP contribution in [0.3, 0.4) is 0 Å². The van der Waals surface area contributed by atoms with Crippen LogP contribution in [0.4, 0.5) is 5.82 Å². The molecule has 0 amide bonds. The third-order valence-electron chi connectivity index (χ3n) is 3.57. The second kappa shape index (κ2) is 5.23. The summed E-state index contributed by atoms with van der Waals surface area (Å²) in [5, 5.41) is 10.2. The van der Waals surface area contributed by atoms with Crippen molar-refractivity contribution >= 4 is 26.7 Å². The number of hydrazine groups is 1. The number of fused-ring (bicyclic) bond motifs is 1. The van der Waals surface area contributed by atoms with E-state index in [4.69, 9.17) is 5.84 Å². The van der Waals surface area contributed by atoms with Crippen molar-refractivity contribution in [2.24, 2.45) is 5.84 Å². The van der Waals surface area contributed by atoms with Gasteiger partial charge in [0.2, 0.25) is 10.0 Å². The van der Waals surface area contributed by atoms with Crippen molar-refractivity contribution in [3.63, 3.8) is 0 Å². The number of rotatable bonds is 3. The zero-order valence-corrected chi connectivity index (χ0v) is 12.0. The average Bonchev–Trinajstić information content (AvgIpc) is 2.93. The number of aliphatic hydroxyl groups is 1. The fraction of sp³-hybridized carbons (Fsp3) is 0.308. The highest BCUT2D eigenvalue weighted by molar-refractivity contribution is 7.89. The molecular formula is C13H16N4O3S. The van der Waals surface area contributed by atoms with Gasteiger partial charge in [0, 0.05) is 18.5 Å². The third-order valence-corrected chi connectivity index (χ3v) is 5.43. The van der Waals surface area contributed by atoms with E-state index in [1.54, 1.807) is 24.3 Å². The van der Waals surface area contributed by atoms with Crippen molar-refractivity contribution in [1.82, 2.24) is 9.29 Å². The second-order valence-corrected chi connectivity index (χ2v) is 6.94. The van der Waals surface area contributed by atoms with Gasteiger partial charge in [-0.1, -0.05) is 0 Å². The van der Waals surface area contributed by atoms with Crippen molar-refractivity contribution in [2.45, 2.75) is 17.4 Å². The highest BCUT2D eigenvalue weighted by Gasteiger charge is 2.31. The summed E-state index contributed by atoms with van der Waals surface area (Å²) >= 11 is 0. The highest BCUT2D eigenvalue weighted by atomic mass is 32.2. The van der Waals surface area contributed by atoms with E-state index in [0.29, 0.717) is 24.3 Å². The fourth-order valence-electron chi connectivity index (χ4n) is 2.42. The first-order chi connectivity index (χ1) is 10.0. The van der Waals surface area contributed by atoms with Crippen LogP contribution in [-0.4, -0.2) is 42.0 Å². The largest absolute Gasteiger partial charge is 0.392 e. The Morgan fingerprint density at radius 3 is 2.81 bits per heavy atom. The molecule has 0 aliphatic carbocycles. The summed E-state index contributed by atoms with van der Waals surface area (Å²) in [6.45, 7) is 0.491. The molecule has 0 spiro atoms. The van der Waals surface area contributed by atoms with Gasteiger partial charge in [-0.25, -0.2) is 19.2 Å². The quantitative estimate of drug-likeness (QED) is 0.555. The Balaban J connectivity index is 2.01. The Hall–Kier alpha value is -1.74. The lowest BCUT2D eigenvalue weighted by Gasteiger charge is -2.16. The molecule has 2 aromatic rings. The van der Waals surface area contributed by atoms with Gasteiger partial charge in [-0.3, -0.25) is 0 Å². The Morgan fingerprint density at radius 1 is 1.33 bits per heavy atom. The number of benzene rings is 1. The van der Waals surface area contributed by atoms with Gasteiger partial charge in [-0.05, 0) is 36.8 Å². The van der Waals surface area contributed by atoms with E-state index in [1.165, 1.54) is 10.4 Å². The van der Waals surface area contributed by atoms with Gasteiger partial charge in [-0.2, -0.15) is 4.31 Å². The Bertz CT molecular complexity index is 778. The SMILES string of the molecule is NNc1ccc2cc(S(=O)(=O)N3CCC(O)C3)ccc2n1. The van der Waals surface area contributed by atoms with E-state index < -0.39 is 16.1 Å². The van der Waals surface area contributed by atoms with Gasteiger partial charge in [-0.15, -0.1) is 0 Å². The van der Waals surface area contributed by atoms with E-state index >= 15 is 0 Å². The third kappa shape index (κ3) is 2.58. The Kier molecular flexibility index (Phi) is 3.54. The summed E-state index contributed by atoms with van der Waals surface area (Å²) in [5.41, 5.74) is 3.11. The zero-order chi connectivity index (χ0) is 15.0. The maximum absolute atomic E-state index is 12.5. The summed E-state index contributed by atoms with van der Waals surface area (Å²) < 4.78 is 26.3. The number of aromatic nitrogens is 1. The average molecular weight is 308 g/mol. The first-order valence-corrected chi connectivity index (χ1v) is 8.00. The lowest BCUT2D eigenvalue weighted by molar-refractivity contribution is 0.189. The van der Waals surface area contributed by atoms with E-state index in [2.05, 4.69) is 10.4 Å². The smallest absolute Gasteiger partial charge is 0.243 e. The molecule has 1 aromatic heterocycles. The van der Waals surface area contributed by atoms with Crippen LogP contribution in [0.5, 0.6) is 0 Å². The fourth-order valence-corrected chi connectivity index (χ4v) is 3.95. The normalized spacial score (nSPS) is 20.0. The molecule has 1 saturated heterocycles. The number of nitrogens with two attached hydrogens (primary N) is 1. The summed E-state index contributed by atoms with van der Waals surface area (Å²) in [4.78, 5) is 4.45. The van der Waals surface area contributed by atoms with Crippen molar-refractivity contribution < 1.29 is 13.5 Å². The maximum Gasteiger partial charge on any atom is 0.243 e. The van der Waals surface area contributed by atoms with Crippen LogP contribution in [-0.2, 0) is 10.0 Å². The molecular weight excluding hydrogens is 292 g/mol. The van der Waals surface area contributed by atoms with Crippen LogP contribution >= 0.6 is 0 Å². The molecule has 1 aliphatic heterocycles. The minimum atomic E-state index is -3.57. The van der Waals surface area contributed by atoms with Gasteiger partial charge in [0.15, 0.2) is 0 Å². The van der Waals surface area contributed by atoms with Crippen molar-refractivity contribution in [2.75, 3.05) is 18.5 Å². The molecule has 1 aromatic carbocycles. The topological polar surface area (TPSA) is 109 Å². The second-order valence-electron chi connectivity index (χ2n) is 5.00. The van der Waals surface area contributed by atoms with Crippen LogP contribution in [0.1, 0.15) is 6.42 Å². The molecule has 1 unspecified atom stereocenters. The first-order valence-electron chi connectivity index (χ1n) is 6.56. The van der Waals surface area contributed by atoms with Crippen molar-refractivity contribution in [3.8, 4) is 0 Å². The summed E-state index contributed by atoms with van der Waals surface area (Å²) in [6, 6.07) is 8.20. The predicted octanol–water partition coefficient (Wildman–Crippen LogP) is 0.276. The number of β-amino-alcohol motifs (C(OH)–C–C–N with tert-alkyl or cyclic N) is 1. The number of hydrogen-bond donors (Lipinski definition) is 3. The molecule has 8 heteroatoms. The van der Waals surface area contributed by atoms with Gasteiger partial charge in [0.1, 0.15) is 5.82 Å². The zero-order valence-electron chi connectivity index (χ0n) is 11.2.